The van der Waals surface area contributed by atoms with Gasteiger partial charge in [-0.1, -0.05) is 30.3 Å². The monoisotopic (exact) mass is 368 g/mol. The number of rotatable bonds is 6. The smallest absolute Gasteiger partial charge is 0.292 e. The summed E-state index contributed by atoms with van der Waals surface area (Å²) < 4.78 is 0. The van der Waals surface area contributed by atoms with Crippen LogP contribution in [-0.4, -0.2) is 55.0 Å². The molecule has 27 heavy (non-hydrogen) atoms. The number of hydrogen-bond donors (Lipinski definition) is 0. The lowest BCUT2D eigenvalue weighted by atomic mass is 10.2. The predicted molar refractivity (Wildman–Crippen MR) is 106 cm³/mol. The molecule has 0 bridgehead atoms. The van der Waals surface area contributed by atoms with Crippen LogP contribution in [0.15, 0.2) is 54.6 Å². The van der Waals surface area contributed by atoms with Crippen molar-refractivity contribution in [2.24, 2.45) is 0 Å². The Morgan fingerprint density at radius 3 is 2.30 bits per heavy atom. The second kappa shape index (κ2) is 8.53. The Labute approximate surface area is 158 Å². The lowest BCUT2D eigenvalue weighted by Crippen LogP contribution is -2.51. The molecule has 1 fully saturated rings. The quantitative estimate of drug-likeness (QED) is 0.579. The maximum atomic E-state index is 12.7. The van der Waals surface area contributed by atoms with Crippen molar-refractivity contribution in [3.05, 3.63) is 64.7 Å². The Bertz CT molecular complexity index is 789. The van der Waals surface area contributed by atoms with Crippen LogP contribution in [0.3, 0.4) is 0 Å². The number of para-hydroxylation sites is 3. The van der Waals surface area contributed by atoms with Gasteiger partial charge in [-0.2, -0.15) is 0 Å². The maximum Gasteiger partial charge on any atom is 0.292 e. The molecule has 0 atom stereocenters. The molecular formula is C20H24N4O3. The van der Waals surface area contributed by atoms with Gasteiger partial charge in [0.25, 0.3) is 5.69 Å². The van der Waals surface area contributed by atoms with E-state index >= 15 is 0 Å². The molecule has 0 unspecified atom stereocenters. The largest absolute Gasteiger partial charge is 0.362 e. The second-order valence-electron chi connectivity index (χ2n) is 6.46. The van der Waals surface area contributed by atoms with E-state index in [1.165, 1.54) is 6.07 Å². The summed E-state index contributed by atoms with van der Waals surface area (Å²) in [4.78, 5) is 29.5. The Morgan fingerprint density at radius 2 is 1.67 bits per heavy atom. The van der Waals surface area contributed by atoms with Crippen LogP contribution in [0, 0.1) is 10.1 Å². The van der Waals surface area contributed by atoms with E-state index in [0.717, 1.165) is 12.2 Å². The van der Waals surface area contributed by atoms with Gasteiger partial charge in [0, 0.05) is 44.5 Å². The summed E-state index contributed by atoms with van der Waals surface area (Å²) in [7, 11) is 0. The van der Waals surface area contributed by atoms with Crippen LogP contribution in [0.5, 0.6) is 0 Å². The summed E-state index contributed by atoms with van der Waals surface area (Å²) >= 11 is 0. The Balaban J connectivity index is 1.60. The number of benzene rings is 2. The number of carbonyl (C=O) groups excluding carboxylic acids is 1. The highest BCUT2D eigenvalue weighted by Crippen LogP contribution is 2.28. The second-order valence-corrected chi connectivity index (χ2v) is 6.46. The molecule has 1 amide bonds. The summed E-state index contributed by atoms with van der Waals surface area (Å²) in [5.41, 5.74) is 1.76. The van der Waals surface area contributed by atoms with Gasteiger partial charge in [0.15, 0.2) is 0 Å². The molecule has 0 radical (unpaired) electrons. The Morgan fingerprint density at radius 1 is 1.04 bits per heavy atom. The van der Waals surface area contributed by atoms with E-state index in [0.29, 0.717) is 38.4 Å². The van der Waals surface area contributed by atoms with Gasteiger partial charge in [0.1, 0.15) is 5.69 Å². The third kappa shape index (κ3) is 4.36. The molecule has 0 spiro atoms. The number of nitro benzene ring substituents is 1. The molecule has 2 aromatic carbocycles. The van der Waals surface area contributed by atoms with E-state index in [1.807, 2.05) is 47.1 Å². The van der Waals surface area contributed by atoms with Crippen LogP contribution in [0.25, 0.3) is 0 Å². The zero-order valence-electron chi connectivity index (χ0n) is 15.5. The summed E-state index contributed by atoms with van der Waals surface area (Å²) in [5.74, 6) is 0.0860. The maximum absolute atomic E-state index is 12.7. The number of carbonyl (C=O) groups is 1. The highest BCUT2D eigenvalue weighted by Gasteiger charge is 2.26. The minimum Gasteiger partial charge on any atom is -0.362 e. The van der Waals surface area contributed by atoms with E-state index in [4.69, 9.17) is 0 Å². The summed E-state index contributed by atoms with van der Waals surface area (Å²) in [6.45, 7) is 5.45. The zero-order chi connectivity index (χ0) is 19.2. The van der Waals surface area contributed by atoms with Crippen LogP contribution in [-0.2, 0) is 4.79 Å². The van der Waals surface area contributed by atoms with Crippen molar-refractivity contribution >= 4 is 23.0 Å². The predicted octanol–water partition coefficient (Wildman–Crippen LogP) is 2.77. The van der Waals surface area contributed by atoms with Gasteiger partial charge in [0.05, 0.1) is 11.5 Å². The van der Waals surface area contributed by atoms with Crippen molar-refractivity contribution in [2.45, 2.75) is 6.92 Å². The molecule has 0 aromatic heterocycles. The first-order valence-electron chi connectivity index (χ1n) is 9.16. The molecule has 7 heteroatoms. The molecule has 0 saturated carbocycles. The molecule has 7 nitrogen and oxygen atoms in total. The van der Waals surface area contributed by atoms with Crippen LogP contribution < -0.4 is 9.80 Å². The number of nitrogens with zero attached hydrogens (tertiary/aromatic N) is 4. The van der Waals surface area contributed by atoms with E-state index in [1.54, 1.807) is 18.2 Å². The van der Waals surface area contributed by atoms with Crippen LogP contribution in [0.1, 0.15) is 6.92 Å². The third-order valence-electron chi connectivity index (χ3n) is 4.88. The fourth-order valence-electron chi connectivity index (χ4n) is 3.37. The summed E-state index contributed by atoms with van der Waals surface area (Å²) in [6, 6.07) is 16.7. The minimum absolute atomic E-state index is 0.0860. The van der Waals surface area contributed by atoms with Crippen LogP contribution in [0.4, 0.5) is 17.1 Å². The van der Waals surface area contributed by atoms with Gasteiger partial charge in [-0.3, -0.25) is 14.9 Å². The third-order valence-corrected chi connectivity index (χ3v) is 4.88. The molecule has 0 aliphatic carbocycles. The molecule has 1 aliphatic heterocycles. The Kier molecular flexibility index (Phi) is 5.90. The van der Waals surface area contributed by atoms with E-state index < -0.39 is 0 Å². The molecule has 1 aliphatic rings. The van der Waals surface area contributed by atoms with Crippen molar-refractivity contribution in [2.75, 3.05) is 49.1 Å². The van der Waals surface area contributed by atoms with Crippen LogP contribution >= 0.6 is 0 Å². The van der Waals surface area contributed by atoms with Crippen molar-refractivity contribution in [3.8, 4) is 0 Å². The van der Waals surface area contributed by atoms with Gasteiger partial charge in [0.2, 0.25) is 5.91 Å². The number of anilines is 2. The van der Waals surface area contributed by atoms with E-state index in [2.05, 4.69) is 4.90 Å². The van der Waals surface area contributed by atoms with E-state index in [9.17, 15) is 14.9 Å². The summed E-state index contributed by atoms with van der Waals surface area (Å²) in [6.07, 6.45) is 0. The SMILES string of the molecule is CCN(CC(=O)N1CCN(c2ccccc2[N+](=O)[O-])CC1)c1ccccc1. The van der Waals surface area contributed by atoms with Gasteiger partial charge in [-0.15, -0.1) is 0 Å². The van der Waals surface area contributed by atoms with Crippen molar-refractivity contribution < 1.29 is 9.72 Å². The minimum atomic E-state index is -0.355. The zero-order valence-corrected chi connectivity index (χ0v) is 15.5. The number of likely N-dealkylation sites (N-methyl/N-ethyl adjacent to an activating group) is 1. The van der Waals surface area contributed by atoms with Gasteiger partial charge in [-0.25, -0.2) is 0 Å². The normalized spacial score (nSPS) is 14.1. The van der Waals surface area contributed by atoms with Crippen LogP contribution in [0.2, 0.25) is 0 Å². The molecule has 0 N–H and O–H groups in total. The first-order valence-corrected chi connectivity index (χ1v) is 9.16. The number of piperazine rings is 1. The lowest BCUT2D eigenvalue weighted by molar-refractivity contribution is -0.384. The first-order chi connectivity index (χ1) is 13.1. The van der Waals surface area contributed by atoms with Crippen molar-refractivity contribution in [1.29, 1.82) is 0 Å². The van der Waals surface area contributed by atoms with Gasteiger partial charge >= 0.3 is 0 Å². The number of nitro groups is 1. The van der Waals surface area contributed by atoms with Gasteiger partial charge < -0.3 is 14.7 Å². The van der Waals surface area contributed by atoms with Gasteiger partial charge in [-0.05, 0) is 25.1 Å². The van der Waals surface area contributed by atoms with E-state index in [-0.39, 0.29) is 16.5 Å². The molecule has 3 rings (SSSR count). The number of hydrogen-bond acceptors (Lipinski definition) is 5. The molecule has 2 aromatic rings. The van der Waals surface area contributed by atoms with Crippen molar-refractivity contribution in [3.63, 3.8) is 0 Å². The number of amides is 1. The standard InChI is InChI=1S/C20H24N4O3/c1-2-21(17-8-4-3-5-9-17)16-20(25)23-14-12-22(13-15-23)18-10-6-7-11-19(18)24(26)27/h3-11H,2,12-16H2,1H3. The first kappa shape index (κ1) is 18.7. The topological polar surface area (TPSA) is 69.9 Å². The molecular weight excluding hydrogens is 344 g/mol. The summed E-state index contributed by atoms with van der Waals surface area (Å²) in [5, 5.41) is 11.2. The molecule has 1 saturated heterocycles. The molecule has 1 heterocycles. The average molecular weight is 368 g/mol. The Hall–Kier alpha value is -3.09. The fourth-order valence-corrected chi connectivity index (χ4v) is 3.37. The molecule has 142 valence electrons. The van der Waals surface area contributed by atoms with Crippen molar-refractivity contribution in [1.82, 2.24) is 4.90 Å². The highest BCUT2D eigenvalue weighted by molar-refractivity contribution is 5.82. The average Bonchev–Trinajstić information content (AvgIpc) is 2.72. The highest BCUT2D eigenvalue weighted by atomic mass is 16.6. The fraction of sp³-hybridized carbons (Fsp3) is 0.350. The lowest BCUT2D eigenvalue weighted by Gasteiger charge is -2.37.